The number of hydrogen-bond acceptors (Lipinski definition) is 3. The number of carbonyl (C=O) groups is 2. The molecule has 0 radical (unpaired) electrons. The number of carbonyl (C=O) groups excluding carboxylic acids is 1. The molecular formula is C19H19Br2F2NO4. The van der Waals surface area contributed by atoms with Crippen LogP contribution >= 0.6 is 31.9 Å². The number of hydrogen-bond donors (Lipinski definition) is 2. The summed E-state index contributed by atoms with van der Waals surface area (Å²) in [6.07, 6.45) is 3.08. The quantitative estimate of drug-likeness (QED) is 0.570. The number of rotatable bonds is 2. The average Bonchev–Trinajstić information content (AvgIpc) is 3.11. The first-order chi connectivity index (χ1) is 13.1. The third-order valence-electron chi connectivity index (χ3n) is 3.51. The first-order valence-corrected chi connectivity index (χ1v) is 9.75. The van der Waals surface area contributed by atoms with E-state index in [-0.39, 0.29) is 11.1 Å². The fourth-order valence-electron chi connectivity index (χ4n) is 2.09. The van der Waals surface area contributed by atoms with E-state index in [0.29, 0.717) is 15.0 Å². The maximum Gasteiger partial charge on any atom is 0.336 e. The minimum absolute atomic E-state index is 0.0648. The number of amides is 1. The second-order valence-corrected chi connectivity index (χ2v) is 7.45. The first kappa shape index (κ1) is 24.2. The Morgan fingerprint density at radius 2 is 1.57 bits per heavy atom. The maximum absolute atomic E-state index is 12.5. The van der Waals surface area contributed by atoms with E-state index in [1.807, 2.05) is 0 Å². The van der Waals surface area contributed by atoms with Crippen LogP contribution in [0.1, 0.15) is 40.5 Å². The third kappa shape index (κ3) is 8.45. The highest BCUT2D eigenvalue weighted by Crippen LogP contribution is 2.17. The topological polar surface area (TPSA) is 89.6 Å². The SMILES string of the molecule is CC1CCCO1.NC(=O)c1cc(F)ccc1Br.O=C(O)c1cc(F)ccc1Br. The van der Waals surface area contributed by atoms with E-state index < -0.39 is 23.5 Å². The van der Waals surface area contributed by atoms with Crippen LogP contribution in [0.2, 0.25) is 0 Å². The summed E-state index contributed by atoms with van der Waals surface area (Å²) in [4.78, 5) is 21.0. The van der Waals surface area contributed by atoms with Gasteiger partial charge in [0, 0.05) is 15.6 Å². The van der Waals surface area contributed by atoms with Gasteiger partial charge in [-0.05, 0) is 88.0 Å². The minimum atomic E-state index is -1.14. The summed E-state index contributed by atoms with van der Waals surface area (Å²) in [7, 11) is 0. The molecule has 1 aliphatic rings. The normalized spacial score (nSPS) is 15.0. The number of primary amides is 1. The zero-order valence-electron chi connectivity index (χ0n) is 14.9. The lowest BCUT2D eigenvalue weighted by molar-refractivity contribution is 0.0695. The fourth-order valence-corrected chi connectivity index (χ4v) is 2.94. The molecule has 1 unspecified atom stereocenters. The Balaban J connectivity index is 0.000000219. The van der Waals surface area contributed by atoms with Crippen LogP contribution in [-0.4, -0.2) is 29.7 Å². The van der Waals surface area contributed by atoms with Gasteiger partial charge in [-0.3, -0.25) is 4.79 Å². The predicted octanol–water partition coefficient (Wildman–Crippen LogP) is 5.16. The number of nitrogens with two attached hydrogens (primary N) is 1. The third-order valence-corrected chi connectivity index (χ3v) is 4.89. The van der Waals surface area contributed by atoms with Gasteiger partial charge in [-0.2, -0.15) is 0 Å². The van der Waals surface area contributed by atoms with Crippen molar-refractivity contribution in [2.45, 2.75) is 25.9 Å². The van der Waals surface area contributed by atoms with Crippen LogP contribution in [0, 0.1) is 11.6 Å². The molecule has 9 heteroatoms. The lowest BCUT2D eigenvalue weighted by atomic mass is 10.2. The van der Waals surface area contributed by atoms with E-state index >= 15 is 0 Å². The van der Waals surface area contributed by atoms with Crippen molar-refractivity contribution >= 4 is 43.7 Å². The van der Waals surface area contributed by atoms with Crippen LogP contribution in [0.15, 0.2) is 45.3 Å². The molecule has 1 amide bonds. The van der Waals surface area contributed by atoms with Crippen LogP contribution in [0.3, 0.4) is 0 Å². The number of carboxylic acids is 1. The molecular weight excluding hydrogens is 504 g/mol. The first-order valence-electron chi connectivity index (χ1n) is 8.16. The van der Waals surface area contributed by atoms with Gasteiger partial charge in [-0.15, -0.1) is 0 Å². The molecule has 3 N–H and O–H groups in total. The highest BCUT2D eigenvalue weighted by atomic mass is 79.9. The molecule has 1 fully saturated rings. The van der Waals surface area contributed by atoms with Gasteiger partial charge in [0.1, 0.15) is 11.6 Å². The minimum Gasteiger partial charge on any atom is -0.478 e. The molecule has 28 heavy (non-hydrogen) atoms. The van der Waals surface area contributed by atoms with Gasteiger partial charge in [0.25, 0.3) is 0 Å². The molecule has 0 aromatic heterocycles. The summed E-state index contributed by atoms with van der Waals surface area (Å²) >= 11 is 6.05. The van der Waals surface area contributed by atoms with Crippen LogP contribution in [0.5, 0.6) is 0 Å². The zero-order chi connectivity index (χ0) is 21.3. The molecule has 0 spiro atoms. The monoisotopic (exact) mass is 521 g/mol. The number of halogens is 4. The predicted molar refractivity (Wildman–Crippen MR) is 108 cm³/mol. The van der Waals surface area contributed by atoms with E-state index in [1.54, 1.807) is 0 Å². The number of ether oxygens (including phenoxy) is 1. The summed E-state index contributed by atoms with van der Waals surface area (Å²) in [5.74, 6) is -2.81. The molecule has 1 aliphatic heterocycles. The Labute approximate surface area is 178 Å². The Morgan fingerprint density at radius 1 is 1.07 bits per heavy atom. The van der Waals surface area contributed by atoms with Gasteiger partial charge in [0.05, 0.1) is 17.2 Å². The van der Waals surface area contributed by atoms with Gasteiger partial charge < -0.3 is 15.6 Å². The Bertz CT molecular complexity index is 766. The summed E-state index contributed by atoms with van der Waals surface area (Å²) < 4.78 is 30.9. The molecule has 3 rings (SSSR count). The molecule has 0 saturated carbocycles. The highest BCUT2D eigenvalue weighted by molar-refractivity contribution is 9.10. The second kappa shape index (κ2) is 11.9. The molecule has 0 aliphatic carbocycles. The van der Waals surface area contributed by atoms with E-state index in [1.165, 1.54) is 37.1 Å². The van der Waals surface area contributed by atoms with Crippen LogP contribution in [-0.2, 0) is 4.74 Å². The Morgan fingerprint density at radius 3 is 1.86 bits per heavy atom. The number of carboxylic acid groups (broad SMARTS) is 1. The molecule has 1 saturated heterocycles. The fraction of sp³-hybridized carbons (Fsp3) is 0.263. The van der Waals surface area contributed by atoms with Gasteiger partial charge in [-0.25, -0.2) is 13.6 Å². The zero-order valence-corrected chi connectivity index (χ0v) is 18.1. The lowest BCUT2D eigenvalue weighted by Gasteiger charge is -1.97. The Hall–Kier alpha value is -1.84. The summed E-state index contributed by atoms with van der Waals surface area (Å²) in [6, 6.07) is 7.29. The molecule has 0 bridgehead atoms. The van der Waals surface area contributed by atoms with Gasteiger partial charge in [0.15, 0.2) is 0 Å². The largest absolute Gasteiger partial charge is 0.478 e. The van der Waals surface area contributed by atoms with Gasteiger partial charge >= 0.3 is 5.97 Å². The standard InChI is InChI=1S/C7H5BrFNO.C7H4BrFO2.C5H10O/c2*8-6-2-1-4(9)3-5(6)7(10)11;1-5-3-2-4-6-5/h1-3H,(H2,10,11);1-3H,(H,10,11);5H,2-4H2,1H3. The highest BCUT2D eigenvalue weighted by Gasteiger charge is 2.08. The lowest BCUT2D eigenvalue weighted by Crippen LogP contribution is -2.11. The van der Waals surface area contributed by atoms with Crippen molar-refractivity contribution in [1.82, 2.24) is 0 Å². The van der Waals surface area contributed by atoms with Crippen molar-refractivity contribution in [2.24, 2.45) is 5.73 Å². The van der Waals surface area contributed by atoms with E-state index in [2.05, 4.69) is 38.8 Å². The summed E-state index contributed by atoms with van der Waals surface area (Å²) in [5.41, 5.74) is 5.04. The van der Waals surface area contributed by atoms with Gasteiger partial charge in [-0.1, -0.05) is 0 Å². The van der Waals surface area contributed by atoms with Crippen molar-refractivity contribution in [2.75, 3.05) is 6.61 Å². The number of benzene rings is 2. The van der Waals surface area contributed by atoms with Crippen LogP contribution in [0.4, 0.5) is 8.78 Å². The van der Waals surface area contributed by atoms with E-state index in [0.717, 1.165) is 18.7 Å². The van der Waals surface area contributed by atoms with Gasteiger partial charge in [0.2, 0.25) is 5.91 Å². The van der Waals surface area contributed by atoms with E-state index in [4.69, 9.17) is 15.6 Å². The molecule has 2 aromatic rings. The van der Waals surface area contributed by atoms with Crippen molar-refractivity contribution in [3.05, 3.63) is 68.1 Å². The van der Waals surface area contributed by atoms with Crippen molar-refractivity contribution in [3.8, 4) is 0 Å². The van der Waals surface area contributed by atoms with Crippen molar-refractivity contribution in [1.29, 1.82) is 0 Å². The smallest absolute Gasteiger partial charge is 0.336 e. The molecule has 1 atom stereocenters. The molecule has 152 valence electrons. The van der Waals surface area contributed by atoms with Crippen LogP contribution < -0.4 is 5.73 Å². The maximum atomic E-state index is 12.5. The second-order valence-electron chi connectivity index (χ2n) is 5.74. The average molecular weight is 523 g/mol. The van der Waals surface area contributed by atoms with Crippen LogP contribution in [0.25, 0.3) is 0 Å². The van der Waals surface area contributed by atoms with E-state index in [9.17, 15) is 18.4 Å². The van der Waals surface area contributed by atoms with Crippen molar-refractivity contribution in [3.63, 3.8) is 0 Å². The molecule has 2 aromatic carbocycles. The molecule has 1 heterocycles. The summed E-state index contributed by atoms with van der Waals surface area (Å²) in [6.45, 7) is 3.11. The number of aromatic carboxylic acids is 1. The Kier molecular flexibility index (Phi) is 10.3. The van der Waals surface area contributed by atoms with Crippen molar-refractivity contribution < 1.29 is 28.2 Å². The summed E-state index contributed by atoms with van der Waals surface area (Å²) in [5, 5.41) is 8.49. The molecule has 5 nitrogen and oxygen atoms in total.